The minimum atomic E-state index is -0.423. The second-order valence-electron chi connectivity index (χ2n) is 9.65. The first-order valence-corrected chi connectivity index (χ1v) is 14.2. The van der Waals surface area contributed by atoms with Crippen molar-refractivity contribution in [1.29, 1.82) is 0 Å². The Balaban J connectivity index is 1.40. The number of benzene rings is 2. The Bertz CT molecular complexity index is 1320. The molecule has 0 bridgehead atoms. The van der Waals surface area contributed by atoms with Crippen molar-refractivity contribution in [2.45, 2.75) is 62.3 Å². The SMILES string of the molecule is CCC1SC(C=O)N(Cc2cccc(NC(=O)c3cc[nH]n3)c2)N=C1c1ccc(OC)c(OC2CCCC2)c1. The van der Waals surface area contributed by atoms with E-state index in [9.17, 15) is 9.59 Å². The van der Waals surface area contributed by atoms with E-state index in [1.54, 1.807) is 31.1 Å². The molecule has 2 atom stereocenters. The summed E-state index contributed by atoms with van der Waals surface area (Å²) in [4.78, 5) is 24.5. The number of thioether (sulfide) groups is 1. The number of ether oxygens (including phenoxy) is 2. The standard InChI is InChI=1S/C29H33N5O4S/c1-3-26-28(20-11-12-24(37-2)25(16-20)38-22-9-4-5-10-22)33-34(27(18-35)39-26)17-19-7-6-8-21(15-19)31-29(36)23-13-14-30-32-23/h6-8,11-16,18,22,26-27H,3-5,9-10,17H2,1-2H3,(H,30,32)(H,31,36). The zero-order valence-electron chi connectivity index (χ0n) is 22.1. The summed E-state index contributed by atoms with van der Waals surface area (Å²) in [5.41, 5.74) is 3.73. The summed E-state index contributed by atoms with van der Waals surface area (Å²) < 4.78 is 11.9. The van der Waals surface area contributed by atoms with Crippen LogP contribution in [0.1, 0.15) is 60.6 Å². The van der Waals surface area contributed by atoms with Crippen molar-refractivity contribution in [2.24, 2.45) is 5.10 Å². The fraction of sp³-hybridized carbons (Fsp3) is 0.379. The molecule has 1 saturated carbocycles. The van der Waals surface area contributed by atoms with Gasteiger partial charge in [-0.1, -0.05) is 19.1 Å². The zero-order chi connectivity index (χ0) is 27.2. The Labute approximate surface area is 232 Å². The highest BCUT2D eigenvalue weighted by Crippen LogP contribution is 2.37. The number of aromatic nitrogens is 2. The number of carbonyl (C=O) groups is 2. The molecular weight excluding hydrogens is 514 g/mol. The number of carbonyl (C=O) groups excluding carboxylic acids is 2. The number of aromatic amines is 1. The molecule has 0 spiro atoms. The Hall–Kier alpha value is -3.79. The quantitative estimate of drug-likeness (QED) is 0.334. The van der Waals surface area contributed by atoms with Crippen molar-refractivity contribution >= 4 is 35.4 Å². The predicted octanol–water partition coefficient (Wildman–Crippen LogP) is 5.25. The molecule has 2 unspecified atom stereocenters. The van der Waals surface area contributed by atoms with Gasteiger partial charge in [0, 0.05) is 17.4 Å². The topological polar surface area (TPSA) is 109 Å². The van der Waals surface area contributed by atoms with E-state index in [0.717, 1.165) is 48.1 Å². The van der Waals surface area contributed by atoms with Crippen molar-refractivity contribution in [3.63, 3.8) is 0 Å². The molecule has 1 aromatic heterocycles. The molecule has 1 fully saturated rings. The van der Waals surface area contributed by atoms with E-state index in [4.69, 9.17) is 14.6 Å². The Kier molecular flexibility index (Phi) is 8.51. The molecule has 39 heavy (non-hydrogen) atoms. The van der Waals surface area contributed by atoms with Crippen molar-refractivity contribution in [2.75, 3.05) is 12.4 Å². The smallest absolute Gasteiger partial charge is 0.276 e. The summed E-state index contributed by atoms with van der Waals surface area (Å²) in [5.74, 6) is 1.14. The Morgan fingerprint density at radius 1 is 1.18 bits per heavy atom. The maximum Gasteiger partial charge on any atom is 0.276 e. The third-order valence-electron chi connectivity index (χ3n) is 6.94. The van der Waals surface area contributed by atoms with Gasteiger partial charge in [-0.15, -0.1) is 11.8 Å². The monoisotopic (exact) mass is 547 g/mol. The first-order valence-electron chi connectivity index (χ1n) is 13.3. The summed E-state index contributed by atoms with van der Waals surface area (Å²) in [6.45, 7) is 2.51. The maximum atomic E-state index is 12.4. The number of nitrogens with one attached hydrogen (secondary N) is 2. The fourth-order valence-electron chi connectivity index (χ4n) is 4.95. The first kappa shape index (κ1) is 26.8. The van der Waals surface area contributed by atoms with E-state index in [-0.39, 0.29) is 17.3 Å². The number of hydrazone groups is 1. The molecule has 3 aromatic rings. The lowest BCUT2D eigenvalue weighted by Gasteiger charge is -2.35. The van der Waals surface area contributed by atoms with Crippen molar-refractivity contribution < 1.29 is 19.1 Å². The van der Waals surface area contributed by atoms with E-state index in [2.05, 4.69) is 22.4 Å². The zero-order valence-corrected chi connectivity index (χ0v) is 22.9. The number of aldehydes is 1. The van der Waals surface area contributed by atoms with Gasteiger partial charge in [0.1, 0.15) is 11.1 Å². The molecule has 2 heterocycles. The highest BCUT2D eigenvalue weighted by Gasteiger charge is 2.32. The van der Waals surface area contributed by atoms with E-state index in [0.29, 0.717) is 23.7 Å². The normalized spacial score (nSPS) is 19.4. The van der Waals surface area contributed by atoms with E-state index in [1.807, 2.05) is 47.5 Å². The molecule has 10 heteroatoms. The lowest BCUT2D eigenvalue weighted by molar-refractivity contribution is -0.110. The van der Waals surface area contributed by atoms with Gasteiger partial charge in [0.25, 0.3) is 5.91 Å². The number of amides is 1. The number of rotatable bonds is 10. The summed E-state index contributed by atoms with van der Waals surface area (Å²) in [6, 6.07) is 15.1. The number of anilines is 1. The van der Waals surface area contributed by atoms with Crippen LogP contribution in [0.15, 0.2) is 59.8 Å². The first-order chi connectivity index (χ1) is 19.1. The van der Waals surface area contributed by atoms with Crippen LogP contribution in [0.2, 0.25) is 0 Å². The average Bonchev–Trinajstić information content (AvgIpc) is 3.68. The van der Waals surface area contributed by atoms with Gasteiger partial charge in [0.05, 0.1) is 30.7 Å². The van der Waals surface area contributed by atoms with Gasteiger partial charge in [0.15, 0.2) is 17.8 Å². The van der Waals surface area contributed by atoms with Gasteiger partial charge in [-0.05, 0) is 74.1 Å². The van der Waals surface area contributed by atoms with E-state index >= 15 is 0 Å². The molecular formula is C29H33N5O4S. The number of nitrogens with zero attached hydrogens (tertiary/aromatic N) is 3. The molecule has 1 amide bonds. The number of hydrogen-bond acceptors (Lipinski definition) is 8. The van der Waals surface area contributed by atoms with E-state index < -0.39 is 5.37 Å². The minimum Gasteiger partial charge on any atom is -0.493 e. The van der Waals surface area contributed by atoms with Crippen LogP contribution in [0.3, 0.4) is 0 Å². The Morgan fingerprint density at radius 2 is 2.03 bits per heavy atom. The van der Waals surface area contributed by atoms with Crippen LogP contribution in [0, 0.1) is 0 Å². The van der Waals surface area contributed by atoms with Gasteiger partial charge in [-0.25, -0.2) is 0 Å². The van der Waals surface area contributed by atoms with Crippen LogP contribution >= 0.6 is 11.8 Å². The second kappa shape index (κ2) is 12.4. The molecule has 9 nitrogen and oxygen atoms in total. The van der Waals surface area contributed by atoms with Crippen molar-refractivity contribution in [1.82, 2.24) is 15.2 Å². The largest absolute Gasteiger partial charge is 0.493 e. The summed E-state index contributed by atoms with van der Waals surface area (Å²) >= 11 is 1.60. The lowest BCUT2D eigenvalue weighted by Crippen LogP contribution is -2.39. The number of hydrogen-bond donors (Lipinski definition) is 2. The Morgan fingerprint density at radius 3 is 2.74 bits per heavy atom. The van der Waals surface area contributed by atoms with Crippen LogP contribution in [0.25, 0.3) is 0 Å². The molecule has 1 aliphatic carbocycles. The lowest BCUT2D eigenvalue weighted by atomic mass is 10.0. The van der Waals surface area contributed by atoms with Crippen molar-refractivity contribution in [3.8, 4) is 11.5 Å². The molecule has 2 aromatic carbocycles. The summed E-state index contributed by atoms with van der Waals surface area (Å²) in [5, 5.41) is 15.9. The van der Waals surface area contributed by atoms with Crippen LogP contribution in [0.4, 0.5) is 5.69 Å². The highest BCUT2D eigenvalue weighted by atomic mass is 32.2. The third kappa shape index (κ3) is 6.27. The second-order valence-corrected chi connectivity index (χ2v) is 11.0. The molecule has 204 valence electrons. The number of methoxy groups -OCH3 is 1. The number of H-pyrrole nitrogens is 1. The maximum absolute atomic E-state index is 12.4. The van der Waals surface area contributed by atoms with Crippen LogP contribution in [0.5, 0.6) is 11.5 Å². The fourth-order valence-corrected chi connectivity index (χ4v) is 6.12. The predicted molar refractivity (Wildman–Crippen MR) is 152 cm³/mol. The van der Waals surface area contributed by atoms with Gasteiger partial charge in [-0.2, -0.15) is 10.2 Å². The van der Waals surface area contributed by atoms with Crippen LogP contribution in [-0.4, -0.2) is 56.9 Å². The van der Waals surface area contributed by atoms with Gasteiger partial charge in [0.2, 0.25) is 0 Å². The van der Waals surface area contributed by atoms with Crippen molar-refractivity contribution in [3.05, 3.63) is 71.5 Å². The minimum absolute atomic E-state index is 0.0589. The van der Waals surface area contributed by atoms with E-state index in [1.165, 1.54) is 12.8 Å². The van der Waals surface area contributed by atoms with Gasteiger partial charge < -0.3 is 19.6 Å². The van der Waals surface area contributed by atoms with Gasteiger partial charge >= 0.3 is 0 Å². The summed E-state index contributed by atoms with van der Waals surface area (Å²) in [6.07, 6.45) is 8.06. The average molecular weight is 548 g/mol. The summed E-state index contributed by atoms with van der Waals surface area (Å²) in [7, 11) is 1.65. The van der Waals surface area contributed by atoms with Crippen LogP contribution in [-0.2, 0) is 11.3 Å². The molecule has 0 saturated heterocycles. The molecule has 1 aliphatic heterocycles. The molecule has 2 N–H and O–H groups in total. The van der Waals surface area contributed by atoms with Gasteiger partial charge in [-0.3, -0.25) is 14.9 Å². The third-order valence-corrected chi connectivity index (χ3v) is 8.46. The molecule has 0 radical (unpaired) electrons. The molecule has 2 aliphatic rings. The highest BCUT2D eigenvalue weighted by molar-refractivity contribution is 8.01. The van der Waals surface area contributed by atoms with Crippen LogP contribution < -0.4 is 14.8 Å². The molecule has 5 rings (SSSR count).